The van der Waals surface area contributed by atoms with Crippen LogP contribution in [0.1, 0.15) is 73.6 Å². The van der Waals surface area contributed by atoms with E-state index in [1.165, 1.54) is 31.2 Å². The Morgan fingerprint density at radius 3 is 2.26 bits per heavy atom. The molecule has 2 atom stereocenters. The molecule has 2 N–H and O–H groups in total. The van der Waals surface area contributed by atoms with Gasteiger partial charge in [0.1, 0.15) is 6.73 Å². The van der Waals surface area contributed by atoms with Gasteiger partial charge in [0.05, 0.1) is 25.1 Å². The molecule has 0 aromatic rings. The number of aliphatic imine (C=N–C) groups is 1. The molecule has 0 bridgehead atoms. The van der Waals surface area contributed by atoms with Gasteiger partial charge in [0.15, 0.2) is 0 Å². The predicted molar refractivity (Wildman–Crippen MR) is 153 cm³/mol. The van der Waals surface area contributed by atoms with E-state index in [-0.39, 0.29) is 11.0 Å². The molecule has 0 aromatic carbocycles. The number of hydrogen-bond donors (Lipinski definition) is 2. The summed E-state index contributed by atoms with van der Waals surface area (Å²) in [5.74, 6) is 0. The molecular weight excluding hydrogens is 484 g/mol. The Morgan fingerprint density at radius 1 is 1.00 bits per heavy atom. The standard InChI is InChI=1S/C28H56N6O4/c1-24(33-15-16-33)10-13-29-22-30-23-36-20-9-8-12-27(3,4)28(5,6)37-21-19-32(7)38-26(35)31-14-11-25(2)34-17-18-34/h22,24-25H,8-21,23H2,1-7H3,(H,29,30)(H,31,35). The number of nitrogens with one attached hydrogen (secondary N) is 2. The Hall–Kier alpha value is -1.46. The number of hydroxylamine groups is 2. The van der Waals surface area contributed by atoms with Crippen LogP contribution in [0.4, 0.5) is 4.79 Å². The van der Waals surface area contributed by atoms with Crippen molar-refractivity contribution in [3.8, 4) is 0 Å². The molecule has 2 unspecified atom stereocenters. The fraction of sp³-hybridized carbons (Fsp3) is 0.929. The molecule has 222 valence electrons. The van der Waals surface area contributed by atoms with Gasteiger partial charge in [0, 0.05) is 65.0 Å². The maximum Gasteiger partial charge on any atom is 0.426 e. The lowest BCUT2D eigenvalue weighted by Gasteiger charge is -2.42. The fourth-order valence-corrected chi connectivity index (χ4v) is 4.24. The molecule has 0 saturated carbocycles. The summed E-state index contributed by atoms with van der Waals surface area (Å²) in [5, 5.41) is 7.61. The minimum absolute atomic E-state index is 0.00563. The highest BCUT2D eigenvalue weighted by Crippen LogP contribution is 2.38. The van der Waals surface area contributed by atoms with Crippen LogP contribution in [-0.4, -0.2) is 118 Å². The molecule has 0 radical (unpaired) electrons. The molecule has 2 rings (SSSR count). The molecule has 2 aliphatic rings. The Morgan fingerprint density at radius 2 is 1.63 bits per heavy atom. The summed E-state index contributed by atoms with van der Waals surface area (Å²) in [6.45, 7) is 21.7. The summed E-state index contributed by atoms with van der Waals surface area (Å²) in [4.78, 5) is 26.4. The minimum atomic E-state index is -0.411. The maximum absolute atomic E-state index is 12.0. The largest absolute Gasteiger partial charge is 0.426 e. The average molecular weight is 541 g/mol. The molecule has 10 heteroatoms. The number of amides is 1. The van der Waals surface area contributed by atoms with Crippen molar-refractivity contribution in [1.82, 2.24) is 25.5 Å². The molecule has 2 saturated heterocycles. The van der Waals surface area contributed by atoms with E-state index < -0.39 is 6.09 Å². The summed E-state index contributed by atoms with van der Waals surface area (Å²) in [7, 11) is 1.76. The van der Waals surface area contributed by atoms with Gasteiger partial charge < -0.3 is 24.9 Å². The second-order valence-corrected chi connectivity index (χ2v) is 12.0. The van der Waals surface area contributed by atoms with Gasteiger partial charge in [0.25, 0.3) is 0 Å². The molecule has 10 nitrogen and oxygen atoms in total. The molecule has 0 aromatic heterocycles. The number of hydrogen-bond acceptors (Lipinski definition) is 8. The zero-order valence-corrected chi connectivity index (χ0v) is 25.3. The number of carbonyl (C=O) groups excluding carboxylic acids is 1. The summed E-state index contributed by atoms with van der Waals surface area (Å²) >= 11 is 0. The van der Waals surface area contributed by atoms with Gasteiger partial charge in [-0.2, -0.15) is 0 Å². The Balaban J connectivity index is 1.46. The molecule has 1 amide bonds. The van der Waals surface area contributed by atoms with Crippen molar-refractivity contribution in [2.45, 2.75) is 91.3 Å². The van der Waals surface area contributed by atoms with E-state index in [9.17, 15) is 4.79 Å². The third kappa shape index (κ3) is 13.6. The number of nitrogens with zero attached hydrogens (tertiary/aromatic N) is 4. The average Bonchev–Trinajstić information content (AvgIpc) is 3.75. The quantitative estimate of drug-likeness (QED) is 0.0711. The van der Waals surface area contributed by atoms with E-state index in [0.29, 0.717) is 45.1 Å². The van der Waals surface area contributed by atoms with E-state index in [2.05, 4.69) is 67.0 Å². The van der Waals surface area contributed by atoms with Gasteiger partial charge in [-0.05, 0) is 58.8 Å². The van der Waals surface area contributed by atoms with Gasteiger partial charge in [-0.3, -0.25) is 9.80 Å². The minimum Gasteiger partial charge on any atom is -0.376 e. The zero-order chi connectivity index (χ0) is 28.0. The van der Waals surface area contributed by atoms with E-state index in [1.54, 1.807) is 13.4 Å². The van der Waals surface area contributed by atoms with E-state index in [4.69, 9.17) is 14.3 Å². The Bertz CT molecular complexity index is 697. The predicted octanol–water partition coefficient (Wildman–Crippen LogP) is 3.33. The van der Waals surface area contributed by atoms with E-state index in [0.717, 1.165) is 38.6 Å². The van der Waals surface area contributed by atoms with Crippen molar-refractivity contribution in [2.24, 2.45) is 10.4 Å². The SMILES string of the molecule is CC(CCNC=NCOCCCCC(C)(C)C(C)(C)OCCN(C)OC(=O)NCCC(C)N1CC1)N1CC1. The molecule has 2 heterocycles. The van der Waals surface area contributed by atoms with Crippen molar-refractivity contribution in [1.29, 1.82) is 0 Å². The molecule has 2 fully saturated rings. The third-order valence-corrected chi connectivity index (χ3v) is 8.17. The first-order chi connectivity index (χ1) is 18.0. The van der Waals surface area contributed by atoms with Gasteiger partial charge in [-0.15, -0.1) is 5.06 Å². The monoisotopic (exact) mass is 540 g/mol. The number of unbranched alkanes of at least 4 members (excludes halogenated alkanes) is 1. The maximum atomic E-state index is 12.0. The van der Waals surface area contributed by atoms with E-state index >= 15 is 0 Å². The van der Waals surface area contributed by atoms with Gasteiger partial charge >= 0.3 is 6.09 Å². The first kappa shape index (κ1) is 32.8. The third-order valence-electron chi connectivity index (χ3n) is 8.17. The topological polar surface area (TPSA) is 90.4 Å². The number of ether oxygens (including phenoxy) is 2. The smallest absolute Gasteiger partial charge is 0.376 e. The molecule has 38 heavy (non-hydrogen) atoms. The molecular formula is C28H56N6O4. The summed E-state index contributed by atoms with van der Waals surface area (Å²) in [5.41, 5.74) is -0.316. The second kappa shape index (κ2) is 16.6. The van der Waals surface area contributed by atoms with Crippen LogP contribution < -0.4 is 10.6 Å². The zero-order valence-electron chi connectivity index (χ0n) is 25.3. The van der Waals surface area contributed by atoms with Crippen LogP contribution in [0.3, 0.4) is 0 Å². The second-order valence-electron chi connectivity index (χ2n) is 12.0. The molecule has 0 aliphatic carbocycles. The number of carbonyl (C=O) groups is 1. The summed E-state index contributed by atoms with van der Waals surface area (Å²) in [6.07, 6.45) is 6.53. The highest BCUT2D eigenvalue weighted by molar-refractivity contribution is 5.66. The lowest BCUT2D eigenvalue weighted by atomic mass is 9.73. The van der Waals surface area contributed by atoms with Gasteiger partial charge in [0.2, 0.25) is 0 Å². The van der Waals surface area contributed by atoms with Crippen molar-refractivity contribution >= 4 is 12.4 Å². The highest BCUT2D eigenvalue weighted by Gasteiger charge is 2.37. The highest BCUT2D eigenvalue weighted by atomic mass is 16.7. The van der Waals surface area contributed by atoms with Crippen molar-refractivity contribution in [2.75, 3.05) is 72.8 Å². The fourth-order valence-electron chi connectivity index (χ4n) is 4.24. The van der Waals surface area contributed by atoms with Crippen LogP contribution in [0, 0.1) is 5.41 Å². The van der Waals surface area contributed by atoms with Crippen LogP contribution in [0.25, 0.3) is 0 Å². The van der Waals surface area contributed by atoms with Crippen molar-refractivity contribution in [3.05, 3.63) is 0 Å². The summed E-state index contributed by atoms with van der Waals surface area (Å²) in [6, 6.07) is 1.17. The normalized spacial score (nSPS) is 18.1. The Labute approximate surface area is 231 Å². The van der Waals surface area contributed by atoms with Crippen molar-refractivity contribution in [3.63, 3.8) is 0 Å². The van der Waals surface area contributed by atoms with Crippen molar-refractivity contribution < 1.29 is 19.1 Å². The van der Waals surface area contributed by atoms with Gasteiger partial charge in [-0.1, -0.05) is 20.3 Å². The van der Waals surface area contributed by atoms with Gasteiger partial charge in [-0.25, -0.2) is 9.79 Å². The summed E-state index contributed by atoms with van der Waals surface area (Å²) < 4.78 is 11.9. The van der Waals surface area contributed by atoms with Crippen LogP contribution in [-0.2, 0) is 14.3 Å². The lowest BCUT2D eigenvalue weighted by Crippen LogP contribution is -2.43. The first-order valence-electron chi connectivity index (χ1n) is 14.6. The van der Waals surface area contributed by atoms with Crippen LogP contribution >= 0.6 is 0 Å². The number of likely N-dealkylation sites (N-methyl/N-ethyl adjacent to an activating group) is 1. The molecule has 0 spiro atoms. The van der Waals surface area contributed by atoms with Crippen LogP contribution in [0.2, 0.25) is 0 Å². The lowest BCUT2D eigenvalue weighted by molar-refractivity contribution is -0.136. The molecule has 2 aliphatic heterocycles. The van der Waals surface area contributed by atoms with E-state index in [1.807, 2.05) is 0 Å². The Kier molecular flexibility index (Phi) is 14.3. The van der Waals surface area contributed by atoms with Crippen LogP contribution in [0.15, 0.2) is 4.99 Å². The first-order valence-corrected chi connectivity index (χ1v) is 14.6. The van der Waals surface area contributed by atoms with Crippen LogP contribution in [0.5, 0.6) is 0 Å². The number of rotatable bonds is 22.